The first-order chi connectivity index (χ1) is 1.73. The van der Waals surface area contributed by atoms with Crippen molar-refractivity contribution in [2.75, 3.05) is 0 Å². The quantitative estimate of drug-likeness (QED) is 0.398. The second kappa shape index (κ2) is 16.0. The topological polar surface area (TPSA) is 63.2 Å². The number of rotatable bonds is 0. The Balaban J connectivity index is -0.0000000150. The van der Waals surface area contributed by atoms with Crippen LogP contribution in [0.1, 0.15) is 0 Å². The van der Waals surface area contributed by atoms with Crippen LogP contribution in [0, 0.1) is 0 Å². The van der Waals surface area contributed by atoms with Crippen molar-refractivity contribution >= 4 is 116 Å². The molecule has 2 radical (unpaired) electrons. The number of hydrogen-bond donors (Lipinski definition) is 0. The summed E-state index contributed by atoms with van der Waals surface area (Å²) in [5.41, 5.74) is 0. The van der Waals surface area contributed by atoms with Crippen molar-refractivity contribution in [2.24, 2.45) is 0 Å². The number of carboxylic acid groups (broad SMARTS) is 2. The fourth-order valence-corrected chi connectivity index (χ4v) is 0. The first kappa shape index (κ1) is 22.5. The summed E-state index contributed by atoms with van der Waals surface area (Å²) in [5.74, 6) is 0. The molecule has 0 bridgehead atoms. The minimum absolute atomic E-state index is 0. The molecule has 0 N–H and O–H groups in total. The molecule has 0 aliphatic rings. The van der Waals surface area contributed by atoms with E-state index in [-0.39, 0.29) is 109 Å². The van der Waals surface area contributed by atoms with E-state index in [0.717, 1.165) is 0 Å². The van der Waals surface area contributed by atoms with Gasteiger partial charge in [-0.05, 0) is 6.16 Å². The second-order valence-electron chi connectivity index (χ2n) is 0.250. The summed E-state index contributed by atoms with van der Waals surface area (Å²) >= 11 is 0. The molecule has 7 heavy (non-hydrogen) atoms. The molecule has 0 spiro atoms. The van der Waals surface area contributed by atoms with Crippen LogP contribution in [0.25, 0.3) is 0 Å². The van der Waals surface area contributed by atoms with Gasteiger partial charge in [-0.3, -0.25) is 0 Å². The van der Waals surface area contributed by atoms with E-state index >= 15 is 0 Å². The molecule has 0 atom stereocenters. The molecular formula is CBiCaO3Sr+5. The van der Waals surface area contributed by atoms with Crippen molar-refractivity contribution in [3.05, 3.63) is 0 Å². The molecule has 3 nitrogen and oxygen atoms in total. The zero-order chi connectivity index (χ0) is 3.58. The standard InChI is InChI=1S/CH2O3.Bi.Ca.Sr/c2-1(3)4;;;/h(H2,2,3,4);;;/q;+3;2*+2/p-2. The van der Waals surface area contributed by atoms with E-state index in [2.05, 4.69) is 0 Å². The fraction of sp³-hybridized carbons (Fsp3) is 0. The molecule has 0 aliphatic heterocycles. The van der Waals surface area contributed by atoms with Crippen molar-refractivity contribution in [1.82, 2.24) is 0 Å². The van der Waals surface area contributed by atoms with Crippen molar-refractivity contribution in [1.29, 1.82) is 0 Å². The number of hydrogen-bond acceptors (Lipinski definition) is 3. The summed E-state index contributed by atoms with van der Waals surface area (Å²) in [7, 11) is 0. The van der Waals surface area contributed by atoms with E-state index in [1.807, 2.05) is 0 Å². The van der Waals surface area contributed by atoms with Crippen LogP contribution < -0.4 is 10.2 Å². The van der Waals surface area contributed by atoms with Gasteiger partial charge in [0.1, 0.15) is 0 Å². The third kappa shape index (κ3) is 50.5. The first-order valence-corrected chi connectivity index (χ1v) is 0.612. The van der Waals surface area contributed by atoms with Crippen molar-refractivity contribution in [3.8, 4) is 0 Å². The Hall–Kier alpha value is 2.89. The zero-order valence-corrected chi connectivity index (χ0v) is 12.7. The van der Waals surface area contributed by atoms with E-state index in [4.69, 9.17) is 15.0 Å². The van der Waals surface area contributed by atoms with E-state index < -0.39 is 6.16 Å². The van der Waals surface area contributed by atoms with Crippen molar-refractivity contribution < 1.29 is 15.0 Å². The van der Waals surface area contributed by atoms with Crippen LogP contribution in [-0.2, 0) is 0 Å². The molecule has 0 heterocycles. The Labute approximate surface area is 127 Å². The molecule has 0 fully saturated rings. The Morgan fingerprint density at radius 2 is 1.29 bits per heavy atom. The first-order valence-electron chi connectivity index (χ1n) is 0.612. The predicted molar refractivity (Wildman–Crippen MR) is 22.7 cm³/mol. The van der Waals surface area contributed by atoms with Gasteiger partial charge in [-0.15, -0.1) is 0 Å². The Morgan fingerprint density at radius 1 is 1.29 bits per heavy atom. The number of carbonyl (C=O) groups is 1. The minimum Gasteiger partial charge on any atom is -0.652 e. The summed E-state index contributed by atoms with van der Waals surface area (Å²) in [4.78, 5) is 8.33. The zero-order valence-electron chi connectivity index (χ0n) is 3.59. The van der Waals surface area contributed by atoms with E-state index in [1.54, 1.807) is 0 Å². The van der Waals surface area contributed by atoms with Gasteiger partial charge in [-0.25, -0.2) is 0 Å². The minimum atomic E-state index is -2.33. The SMILES string of the molecule is O=C([O-])[O-].[Bi+3].[Ca+2].[Sr+2]. The second-order valence-corrected chi connectivity index (χ2v) is 0.250. The molecule has 0 saturated heterocycles. The van der Waals surface area contributed by atoms with E-state index in [9.17, 15) is 0 Å². The number of carbonyl (C=O) groups excluding carboxylic acids is 1. The average Bonchev–Trinajstić information content (AvgIpc) is 0.811. The smallest absolute Gasteiger partial charge is 0.652 e. The molecule has 0 saturated carbocycles. The molecule has 0 aliphatic carbocycles. The fourth-order valence-electron chi connectivity index (χ4n) is 0. The maximum absolute atomic E-state index is 8.33. The van der Waals surface area contributed by atoms with Gasteiger partial charge in [-0.2, -0.15) is 0 Å². The third-order valence-electron chi connectivity index (χ3n) is 0. The van der Waals surface area contributed by atoms with Gasteiger partial charge in [0.2, 0.25) is 0 Å². The van der Waals surface area contributed by atoms with Crippen LogP contribution in [0.4, 0.5) is 4.79 Å². The van der Waals surface area contributed by atoms with Gasteiger partial charge in [-0.1, -0.05) is 0 Å². The van der Waals surface area contributed by atoms with Gasteiger partial charge in [0, 0.05) is 0 Å². The van der Waals surface area contributed by atoms with Crippen LogP contribution in [0.2, 0.25) is 0 Å². The maximum Gasteiger partial charge on any atom is 3.00 e. The van der Waals surface area contributed by atoms with Crippen molar-refractivity contribution in [3.63, 3.8) is 0 Å². The van der Waals surface area contributed by atoms with Gasteiger partial charge >= 0.3 is 109 Å². The van der Waals surface area contributed by atoms with Crippen LogP contribution >= 0.6 is 0 Å². The Kier molecular flexibility index (Phi) is 51.3. The molecule has 26 valence electrons. The largest absolute Gasteiger partial charge is 3.00 e. The van der Waals surface area contributed by atoms with E-state index in [1.165, 1.54) is 0 Å². The predicted octanol–water partition coefficient (Wildman–Crippen LogP) is -3.59. The summed E-state index contributed by atoms with van der Waals surface area (Å²) in [6, 6.07) is 0. The third-order valence-corrected chi connectivity index (χ3v) is 0. The average molecular weight is 397 g/mol. The van der Waals surface area contributed by atoms with Crippen LogP contribution in [0.15, 0.2) is 0 Å². The van der Waals surface area contributed by atoms with Crippen LogP contribution in [-0.4, -0.2) is 116 Å². The molecule has 0 rings (SSSR count). The summed E-state index contributed by atoms with van der Waals surface area (Å²) < 4.78 is 0. The Bertz CT molecular complexity index is 37.9. The van der Waals surface area contributed by atoms with Gasteiger partial charge in [0.05, 0.1) is 0 Å². The Morgan fingerprint density at radius 3 is 1.29 bits per heavy atom. The van der Waals surface area contributed by atoms with Crippen LogP contribution in [0.3, 0.4) is 0 Å². The molecular weight excluding hydrogens is 397 g/mol. The van der Waals surface area contributed by atoms with Crippen LogP contribution in [0.5, 0.6) is 0 Å². The maximum atomic E-state index is 8.33. The van der Waals surface area contributed by atoms with Crippen molar-refractivity contribution in [2.45, 2.75) is 0 Å². The molecule has 0 aromatic carbocycles. The van der Waals surface area contributed by atoms with Gasteiger partial charge in [0.25, 0.3) is 0 Å². The molecule has 0 amide bonds. The van der Waals surface area contributed by atoms with Gasteiger partial charge < -0.3 is 15.0 Å². The molecule has 0 aromatic rings. The molecule has 0 aromatic heterocycles. The normalized spacial score (nSPS) is 3.43. The van der Waals surface area contributed by atoms with Gasteiger partial charge in [0.15, 0.2) is 0 Å². The summed E-state index contributed by atoms with van der Waals surface area (Å²) in [5, 5.41) is 16.7. The molecule has 0 unspecified atom stereocenters. The monoisotopic (exact) mass is 397 g/mol. The summed E-state index contributed by atoms with van der Waals surface area (Å²) in [6.07, 6.45) is -2.33. The molecule has 6 heteroatoms. The van der Waals surface area contributed by atoms with E-state index in [0.29, 0.717) is 0 Å². The summed E-state index contributed by atoms with van der Waals surface area (Å²) in [6.45, 7) is 0.